The highest BCUT2D eigenvalue weighted by Gasteiger charge is 2.25. The molecule has 1 N–H and O–H groups in total. The van der Waals surface area contributed by atoms with Gasteiger partial charge >= 0.3 is 0 Å². The van der Waals surface area contributed by atoms with E-state index < -0.39 is 0 Å². The van der Waals surface area contributed by atoms with Crippen LogP contribution < -0.4 is 15.0 Å². The second-order valence-electron chi connectivity index (χ2n) is 7.23. The largest absolute Gasteiger partial charge is 0.496 e. The van der Waals surface area contributed by atoms with Gasteiger partial charge in [-0.3, -0.25) is 14.6 Å². The van der Waals surface area contributed by atoms with Gasteiger partial charge in [0.2, 0.25) is 5.91 Å². The predicted octanol–water partition coefficient (Wildman–Crippen LogP) is 2.72. The number of hydrogen-bond donors (Lipinski definition) is 1. The number of methoxy groups -OCH3 is 1. The summed E-state index contributed by atoms with van der Waals surface area (Å²) in [7, 11) is 3.29. The van der Waals surface area contributed by atoms with Crippen molar-refractivity contribution < 1.29 is 14.3 Å². The summed E-state index contributed by atoms with van der Waals surface area (Å²) in [6, 6.07) is 13.1. The fourth-order valence-electron chi connectivity index (χ4n) is 3.50. The van der Waals surface area contributed by atoms with Crippen LogP contribution in [-0.4, -0.2) is 47.4 Å². The van der Waals surface area contributed by atoms with E-state index in [9.17, 15) is 9.59 Å². The zero-order valence-corrected chi connectivity index (χ0v) is 17.4. The van der Waals surface area contributed by atoms with E-state index >= 15 is 0 Å². The highest BCUT2D eigenvalue weighted by molar-refractivity contribution is 6.03. The van der Waals surface area contributed by atoms with Crippen molar-refractivity contribution in [1.82, 2.24) is 14.9 Å². The van der Waals surface area contributed by atoms with Crippen molar-refractivity contribution in [2.75, 3.05) is 30.9 Å². The van der Waals surface area contributed by atoms with Crippen LogP contribution in [0, 0.1) is 0 Å². The van der Waals surface area contributed by atoms with E-state index in [2.05, 4.69) is 15.3 Å². The number of anilines is 2. The number of ether oxygens (including phenoxy) is 1. The van der Waals surface area contributed by atoms with Crippen molar-refractivity contribution in [3.05, 3.63) is 77.7 Å². The fraction of sp³-hybridized carbons (Fsp3) is 0.217. The molecule has 1 aliphatic rings. The normalized spacial score (nSPS) is 12.7. The molecule has 3 aromatic rings. The Balaban J connectivity index is 1.67. The van der Waals surface area contributed by atoms with Crippen LogP contribution in [0.2, 0.25) is 0 Å². The molecular weight excluding hydrogens is 394 g/mol. The Morgan fingerprint density at radius 3 is 2.74 bits per heavy atom. The van der Waals surface area contributed by atoms with E-state index in [0.29, 0.717) is 35.9 Å². The molecular formula is C23H23N5O3. The first-order valence-corrected chi connectivity index (χ1v) is 9.87. The van der Waals surface area contributed by atoms with Gasteiger partial charge < -0.3 is 19.9 Å². The molecule has 2 aromatic heterocycles. The second kappa shape index (κ2) is 8.83. The number of nitrogens with one attached hydrogen (secondary N) is 1. The first-order chi connectivity index (χ1) is 15.1. The first-order valence-electron chi connectivity index (χ1n) is 9.87. The molecule has 0 atom stereocenters. The number of likely N-dealkylation sites (N-methyl/N-ethyl adjacent to an activating group) is 1. The zero-order chi connectivity index (χ0) is 21.8. The van der Waals surface area contributed by atoms with E-state index in [1.54, 1.807) is 43.7 Å². The van der Waals surface area contributed by atoms with Gasteiger partial charge in [-0.15, -0.1) is 0 Å². The van der Waals surface area contributed by atoms with Crippen LogP contribution in [0.25, 0.3) is 0 Å². The fourth-order valence-corrected chi connectivity index (χ4v) is 3.50. The molecule has 0 radical (unpaired) electrons. The number of carbonyl (C=O) groups is 2. The number of para-hydroxylation sites is 1. The molecule has 4 rings (SSSR count). The average molecular weight is 417 g/mol. The van der Waals surface area contributed by atoms with E-state index in [1.165, 1.54) is 4.90 Å². The average Bonchev–Trinajstić information content (AvgIpc) is 2.81. The van der Waals surface area contributed by atoms with Gasteiger partial charge in [-0.1, -0.05) is 18.2 Å². The Labute approximate surface area is 180 Å². The molecule has 0 unspecified atom stereocenters. The third kappa shape index (κ3) is 4.32. The summed E-state index contributed by atoms with van der Waals surface area (Å²) < 4.78 is 5.47. The molecule has 2 amide bonds. The maximum atomic E-state index is 13.5. The molecule has 1 aliphatic heterocycles. The zero-order valence-electron chi connectivity index (χ0n) is 17.4. The molecule has 8 heteroatoms. The van der Waals surface area contributed by atoms with E-state index in [-0.39, 0.29) is 18.4 Å². The summed E-state index contributed by atoms with van der Waals surface area (Å²) in [5, 5.41) is 2.98. The molecule has 0 spiro atoms. The smallest absolute Gasteiger partial charge is 0.256 e. The molecule has 0 fully saturated rings. The second-order valence-corrected chi connectivity index (χ2v) is 7.23. The minimum absolute atomic E-state index is 0.0819. The van der Waals surface area contributed by atoms with Crippen LogP contribution >= 0.6 is 0 Å². The monoisotopic (exact) mass is 417 g/mol. The maximum absolute atomic E-state index is 13.5. The minimum Gasteiger partial charge on any atom is -0.496 e. The first kappa shape index (κ1) is 20.3. The van der Waals surface area contributed by atoms with E-state index in [4.69, 9.17) is 4.74 Å². The standard InChI is InChI=1S/C23H23N5O3/c1-27-19-11-18(12-25-22(19)26-13-21(27)29)23(30)28(14-16-7-9-24-10-8-16)15-17-5-3-4-6-20(17)31-2/h3-12H,13-15H2,1-2H3,(H,25,26). The lowest BCUT2D eigenvalue weighted by atomic mass is 10.1. The van der Waals surface area contributed by atoms with Gasteiger partial charge in [-0.05, 0) is 29.8 Å². The number of nitrogens with zero attached hydrogens (tertiary/aromatic N) is 4. The maximum Gasteiger partial charge on any atom is 0.256 e. The highest BCUT2D eigenvalue weighted by Crippen LogP contribution is 2.28. The third-order valence-electron chi connectivity index (χ3n) is 5.22. The summed E-state index contributed by atoms with van der Waals surface area (Å²) in [5.74, 6) is 1.03. The predicted molar refractivity (Wildman–Crippen MR) is 117 cm³/mol. The summed E-state index contributed by atoms with van der Waals surface area (Å²) in [6.45, 7) is 0.935. The number of carbonyl (C=O) groups excluding carboxylic acids is 2. The minimum atomic E-state index is -0.190. The molecule has 1 aromatic carbocycles. The van der Waals surface area contributed by atoms with Crippen LogP contribution in [0.1, 0.15) is 21.5 Å². The van der Waals surface area contributed by atoms with Gasteiger partial charge in [0, 0.05) is 44.3 Å². The third-order valence-corrected chi connectivity index (χ3v) is 5.22. The molecule has 31 heavy (non-hydrogen) atoms. The molecule has 8 nitrogen and oxygen atoms in total. The Morgan fingerprint density at radius 1 is 1.19 bits per heavy atom. The van der Waals surface area contributed by atoms with Crippen LogP contribution in [0.15, 0.2) is 61.1 Å². The van der Waals surface area contributed by atoms with Gasteiger partial charge in [-0.2, -0.15) is 0 Å². The van der Waals surface area contributed by atoms with Gasteiger partial charge in [0.05, 0.1) is 24.9 Å². The Hall–Kier alpha value is -3.94. The lowest BCUT2D eigenvalue weighted by Gasteiger charge is -2.27. The summed E-state index contributed by atoms with van der Waals surface area (Å²) >= 11 is 0. The van der Waals surface area contributed by atoms with Crippen molar-refractivity contribution in [3.63, 3.8) is 0 Å². The van der Waals surface area contributed by atoms with Crippen molar-refractivity contribution in [1.29, 1.82) is 0 Å². The highest BCUT2D eigenvalue weighted by atomic mass is 16.5. The lowest BCUT2D eigenvalue weighted by molar-refractivity contribution is -0.116. The number of pyridine rings is 2. The quantitative estimate of drug-likeness (QED) is 0.664. The Kier molecular flexibility index (Phi) is 5.79. The topological polar surface area (TPSA) is 87.7 Å². The summed E-state index contributed by atoms with van der Waals surface area (Å²) in [6.07, 6.45) is 4.95. The summed E-state index contributed by atoms with van der Waals surface area (Å²) in [5.41, 5.74) is 2.85. The number of amides is 2. The van der Waals surface area contributed by atoms with Crippen LogP contribution in [0.3, 0.4) is 0 Å². The lowest BCUT2D eigenvalue weighted by Crippen LogP contribution is -2.37. The van der Waals surface area contributed by atoms with Crippen LogP contribution in [0.4, 0.5) is 11.5 Å². The molecule has 0 aliphatic carbocycles. The van der Waals surface area contributed by atoms with Crippen molar-refractivity contribution >= 4 is 23.3 Å². The van der Waals surface area contributed by atoms with Crippen LogP contribution in [0.5, 0.6) is 5.75 Å². The van der Waals surface area contributed by atoms with Gasteiger partial charge in [-0.25, -0.2) is 4.98 Å². The van der Waals surface area contributed by atoms with E-state index in [0.717, 1.165) is 11.1 Å². The number of hydrogen-bond acceptors (Lipinski definition) is 6. The van der Waals surface area contributed by atoms with Gasteiger partial charge in [0.15, 0.2) is 0 Å². The van der Waals surface area contributed by atoms with Gasteiger partial charge in [0.25, 0.3) is 5.91 Å². The Bertz CT molecular complexity index is 1100. The molecule has 3 heterocycles. The molecule has 0 bridgehead atoms. The number of benzene rings is 1. The van der Waals surface area contributed by atoms with Crippen molar-refractivity contribution in [2.24, 2.45) is 0 Å². The van der Waals surface area contributed by atoms with Gasteiger partial charge in [0.1, 0.15) is 11.6 Å². The number of aromatic nitrogens is 2. The molecule has 0 saturated carbocycles. The SMILES string of the molecule is COc1ccccc1CN(Cc1ccncc1)C(=O)c1cnc2c(c1)N(C)C(=O)CN2. The van der Waals surface area contributed by atoms with E-state index in [1.807, 2.05) is 36.4 Å². The number of fused-ring (bicyclic) bond motifs is 1. The summed E-state index contributed by atoms with van der Waals surface area (Å²) in [4.78, 5) is 37.2. The Morgan fingerprint density at radius 2 is 1.97 bits per heavy atom. The van der Waals surface area contributed by atoms with Crippen molar-refractivity contribution in [3.8, 4) is 5.75 Å². The molecule has 0 saturated heterocycles. The number of rotatable bonds is 6. The van der Waals surface area contributed by atoms with Crippen LogP contribution in [-0.2, 0) is 17.9 Å². The molecule has 158 valence electrons. The van der Waals surface area contributed by atoms with Crippen molar-refractivity contribution in [2.45, 2.75) is 13.1 Å².